The van der Waals surface area contributed by atoms with E-state index in [2.05, 4.69) is 5.32 Å². The molecule has 5 heteroatoms. The topological polar surface area (TPSA) is 55.1 Å². The van der Waals surface area contributed by atoms with E-state index in [1.165, 1.54) is 12.1 Å². The van der Waals surface area contributed by atoms with E-state index in [0.717, 1.165) is 0 Å². The highest BCUT2D eigenvalue weighted by atomic mass is 35.5. The maximum atomic E-state index is 13.7. The Kier molecular flexibility index (Phi) is 4.06. The predicted octanol–water partition coefficient (Wildman–Crippen LogP) is 2.90. The van der Waals surface area contributed by atoms with Gasteiger partial charge in [0.15, 0.2) is 0 Å². The fraction of sp³-hybridized carbons (Fsp3) is 0.562. The molecule has 0 saturated heterocycles. The van der Waals surface area contributed by atoms with Crippen molar-refractivity contribution in [2.75, 3.05) is 0 Å². The molecule has 0 aromatic heterocycles. The van der Waals surface area contributed by atoms with Crippen LogP contribution in [0, 0.1) is 16.6 Å². The van der Waals surface area contributed by atoms with Crippen LogP contribution < -0.4 is 11.1 Å². The Morgan fingerprint density at radius 1 is 1.33 bits per heavy atom. The van der Waals surface area contributed by atoms with Crippen LogP contribution in [0.2, 0.25) is 5.02 Å². The van der Waals surface area contributed by atoms with E-state index in [0.29, 0.717) is 0 Å². The van der Waals surface area contributed by atoms with Crippen LogP contribution in [-0.4, -0.2) is 18.0 Å². The SMILES string of the molecule is CC1(C)C(N)C(C)(C)C1NC(=O)Cc1c(F)cccc1Cl. The lowest BCUT2D eigenvalue weighted by molar-refractivity contribution is -0.131. The normalized spacial score (nSPS) is 26.0. The van der Waals surface area contributed by atoms with Gasteiger partial charge in [-0.05, 0) is 12.1 Å². The van der Waals surface area contributed by atoms with E-state index < -0.39 is 5.82 Å². The van der Waals surface area contributed by atoms with Gasteiger partial charge in [0.05, 0.1) is 6.42 Å². The minimum atomic E-state index is -0.457. The zero-order valence-corrected chi connectivity index (χ0v) is 13.6. The van der Waals surface area contributed by atoms with Crippen molar-refractivity contribution in [3.05, 3.63) is 34.6 Å². The minimum absolute atomic E-state index is 0.00680. The van der Waals surface area contributed by atoms with Crippen molar-refractivity contribution in [1.29, 1.82) is 0 Å². The summed E-state index contributed by atoms with van der Waals surface area (Å²) in [6, 6.07) is 4.38. The quantitative estimate of drug-likeness (QED) is 0.901. The number of amides is 1. The van der Waals surface area contributed by atoms with E-state index in [1.807, 2.05) is 27.7 Å². The molecule has 1 aromatic carbocycles. The molecule has 1 aromatic rings. The molecule has 1 saturated carbocycles. The average molecular weight is 313 g/mol. The molecule has 1 fully saturated rings. The first-order valence-electron chi connectivity index (χ1n) is 7.06. The summed E-state index contributed by atoms with van der Waals surface area (Å²) in [6.45, 7) is 8.13. The highest BCUT2D eigenvalue weighted by molar-refractivity contribution is 6.31. The van der Waals surface area contributed by atoms with Crippen molar-refractivity contribution < 1.29 is 9.18 Å². The summed E-state index contributed by atoms with van der Waals surface area (Å²) in [4.78, 5) is 12.2. The number of nitrogens with two attached hydrogens (primary N) is 1. The van der Waals surface area contributed by atoms with Gasteiger partial charge in [-0.1, -0.05) is 45.4 Å². The Balaban J connectivity index is 2.10. The van der Waals surface area contributed by atoms with Gasteiger partial charge in [0.2, 0.25) is 5.91 Å². The lowest BCUT2D eigenvalue weighted by Crippen LogP contribution is -2.76. The predicted molar refractivity (Wildman–Crippen MR) is 82.6 cm³/mol. The number of halogens is 2. The van der Waals surface area contributed by atoms with Gasteiger partial charge in [0.1, 0.15) is 5.82 Å². The van der Waals surface area contributed by atoms with Crippen LogP contribution in [0.5, 0.6) is 0 Å². The number of hydrogen-bond acceptors (Lipinski definition) is 2. The van der Waals surface area contributed by atoms with Crippen LogP contribution in [-0.2, 0) is 11.2 Å². The Morgan fingerprint density at radius 3 is 2.43 bits per heavy atom. The van der Waals surface area contributed by atoms with Crippen molar-refractivity contribution in [2.24, 2.45) is 16.6 Å². The van der Waals surface area contributed by atoms with Crippen LogP contribution in [0.3, 0.4) is 0 Å². The van der Waals surface area contributed by atoms with Gasteiger partial charge in [-0.15, -0.1) is 0 Å². The van der Waals surface area contributed by atoms with Crippen molar-refractivity contribution in [2.45, 2.75) is 46.2 Å². The van der Waals surface area contributed by atoms with Crippen molar-refractivity contribution in [1.82, 2.24) is 5.32 Å². The highest BCUT2D eigenvalue weighted by Crippen LogP contribution is 2.52. The van der Waals surface area contributed by atoms with Gasteiger partial charge in [-0.25, -0.2) is 4.39 Å². The first kappa shape index (κ1) is 16.2. The molecule has 3 N–H and O–H groups in total. The zero-order chi connectivity index (χ0) is 16.0. The fourth-order valence-corrected chi connectivity index (χ4v) is 3.86. The second kappa shape index (κ2) is 5.25. The molecule has 0 atom stereocenters. The Hall–Kier alpha value is -1.13. The summed E-state index contributed by atoms with van der Waals surface area (Å²) in [5.41, 5.74) is 6.04. The Bertz CT molecular complexity index is 535. The third kappa shape index (κ3) is 2.67. The maximum Gasteiger partial charge on any atom is 0.224 e. The first-order valence-corrected chi connectivity index (χ1v) is 7.44. The third-order valence-corrected chi connectivity index (χ3v) is 5.15. The molecule has 0 bridgehead atoms. The molecule has 2 rings (SSSR count). The molecule has 1 aliphatic rings. The molecular weight excluding hydrogens is 291 g/mol. The number of benzene rings is 1. The van der Waals surface area contributed by atoms with Gasteiger partial charge in [0.25, 0.3) is 0 Å². The van der Waals surface area contributed by atoms with Crippen LogP contribution in [0.15, 0.2) is 18.2 Å². The average Bonchev–Trinajstić information content (AvgIpc) is 2.39. The lowest BCUT2D eigenvalue weighted by atomic mass is 9.48. The third-order valence-electron chi connectivity index (χ3n) is 4.80. The molecule has 0 aliphatic heterocycles. The molecule has 0 radical (unpaired) electrons. The number of carbonyl (C=O) groups excluding carboxylic acids is 1. The summed E-state index contributed by atoms with van der Waals surface area (Å²) in [5.74, 6) is -0.693. The van der Waals surface area contributed by atoms with Crippen molar-refractivity contribution in [3.8, 4) is 0 Å². The Labute approximate surface area is 130 Å². The maximum absolute atomic E-state index is 13.7. The Morgan fingerprint density at radius 2 is 1.90 bits per heavy atom. The molecule has 21 heavy (non-hydrogen) atoms. The molecule has 0 spiro atoms. The molecular formula is C16H22ClFN2O. The summed E-state index contributed by atoms with van der Waals surface area (Å²) < 4.78 is 13.7. The van der Waals surface area contributed by atoms with E-state index in [-0.39, 0.29) is 45.8 Å². The smallest absolute Gasteiger partial charge is 0.224 e. The number of nitrogens with one attached hydrogen (secondary N) is 1. The number of hydrogen-bond donors (Lipinski definition) is 2. The monoisotopic (exact) mass is 312 g/mol. The van der Waals surface area contributed by atoms with Crippen LogP contribution >= 0.6 is 11.6 Å². The standard InChI is InChI=1S/C16H22ClFN2O/c1-15(2)13(19)16(3,4)14(15)20-12(21)8-9-10(17)6-5-7-11(9)18/h5-7,13-14H,8,19H2,1-4H3,(H,20,21). The molecule has 1 amide bonds. The van der Waals surface area contributed by atoms with Gasteiger partial charge in [-0.2, -0.15) is 0 Å². The van der Waals surface area contributed by atoms with E-state index >= 15 is 0 Å². The van der Waals surface area contributed by atoms with Gasteiger partial charge in [-0.3, -0.25) is 4.79 Å². The van der Waals surface area contributed by atoms with E-state index in [1.54, 1.807) is 6.07 Å². The minimum Gasteiger partial charge on any atom is -0.352 e. The number of rotatable bonds is 3. The molecule has 3 nitrogen and oxygen atoms in total. The largest absolute Gasteiger partial charge is 0.352 e. The lowest BCUT2D eigenvalue weighted by Gasteiger charge is -2.62. The van der Waals surface area contributed by atoms with Crippen molar-refractivity contribution in [3.63, 3.8) is 0 Å². The van der Waals surface area contributed by atoms with Crippen LogP contribution in [0.4, 0.5) is 4.39 Å². The molecule has 116 valence electrons. The van der Waals surface area contributed by atoms with Crippen LogP contribution in [0.25, 0.3) is 0 Å². The fourth-order valence-electron chi connectivity index (χ4n) is 3.63. The van der Waals surface area contributed by atoms with E-state index in [4.69, 9.17) is 17.3 Å². The molecule has 0 heterocycles. The summed E-state index contributed by atoms with van der Waals surface area (Å²) in [5, 5.41) is 3.26. The van der Waals surface area contributed by atoms with Gasteiger partial charge in [0, 0.05) is 33.5 Å². The summed E-state index contributed by atoms with van der Waals surface area (Å²) in [7, 11) is 0. The van der Waals surface area contributed by atoms with Crippen LogP contribution in [0.1, 0.15) is 33.3 Å². The summed E-state index contributed by atoms with van der Waals surface area (Å²) in [6.07, 6.45) is -0.0661. The molecule has 0 unspecified atom stereocenters. The first-order chi connectivity index (χ1) is 9.58. The van der Waals surface area contributed by atoms with E-state index in [9.17, 15) is 9.18 Å². The second-order valence-corrected chi connectivity index (χ2v) is 7.41. The second-order valence-electron chi connectivity index (χ2n) is 7.00. The molecule has 1 aliphatic carbocycles. The van der Waals surface area contributed by atoms with Gasteiger partial charge >= 0.3 is 0 Å². The van der Waals surface area contributed by atoms with Crippen molar-refractivity contribution >= 4 is 17.5 Å². The summed E-state index contributed by atoms with van der Waals surface area (Å²) >= 11 is 5.95. The number of carbonyl (C=O) groups is 1. The zero-order valence-electron chi connectivity index (χ0n) is 12.8. The van der Waals surface area contributed by atoms with Gasteiger partial charge < -0.3 is 11.1 Å². The highest BCUT2D eigenvalue weighted by Gasteiger charge is 2.60.